The van der Waals surface area contributed by atoms with Crippen LogP contribution >= 0.6 is 0 Å². The molecule has 0 aromatic heterocycles. The highest BCUT2D eigenvalue weighted by atomic mass is 19.1. The molecule has 1 N–H and O–H groups in total. The fourth-order valence-electron chi connectivity index (χ4n) is 2.16. The quantitative estimate of drug-likeness (QED) is 0.869. The van der Waals surface area contributed by atoms with Crippen LogP contribution in [0.4, 0.5) is 4.39 Å². The van der Waals surface area contributed by atoms with E-state index < -0.39 is 0 Å². The molecule has 0 spiro atoms. The minimum absolute atomic E-state index is 0.176. The summed E-state index contributed by atoms with van der Waals surface area (Å²) in [4.78, 5) is 0. The second-order valence-electron chi connectivity index (χ2n) is 4.74. The normalized spacial score (nSPS) is 19.2. The predicted molar refractivity (Wildman–Crippen MR) is 66.4 cm³/mol. The zero-order valence-electron chi connectivity index (χ0n) is 10.3. The fraction of sp³-hybridized carbons (Fsp3) is 0.571. The van der Waals surface area contributed by atoms with Gasteiger partial charge < -0.3 is 10.1 Å². The molecule has 1 saturated heterocycles. The van der Waals surface area contributed by atoms with E-state index in [2.05, 4.69) is 12.2 Å². The van der Waals surface area contributed by atoms with E-state index in [-0.39, 0.29) is 11.9 Å². The van der Waals surface area contributed by atoms with Crippen LogP contribution in [-0.4, -0.2) is 19.8 Å². The molecular weight excluding hydrogens is 217 g/mol. The average Bonchev–Trinajstić information content (AvgIpc) is 2.38. The van der Waals surface area contributed by atoms with Crippen LogP contribution < -0.4 is 5.32 Å². The summed E-state index contributed by atoms with van der Waals surface area (Å²) in [6, 6.07) is 7.00. The molecule has 1 aliphatic rings. The predicted octanol–water partition coefficient (Wildman–Crippen LogP) is 2.90. The number of nitrogens with one attached hydrogen (secondary N) is 1. The smallest absolute Gasteiger partial charge is 0.123 e. The molecule has 1 atom stereocenters. The van der Waals surface area contributed by atoms with Crippen LogP contribution in [-0.2, 0) is 4.74 Å². The van der Waals surface area contributed by atoms with Crippen molar-refractivity contribution in [2.75, 3.05) is 19.8 Å². The molecule has 3 heteroatoms. The number of ether oxygens (including phenoxy) is 1. The van der Waals surface area contributed by atoms with Crippen molar-refractivity contribution in [1.82, 2.24) is 5.32 Å². The van der Waals surface area contributed by atoms with Crippen LogP contribution in [0, 0.1) is 11.7 Å². The Morgan fingerprint density at radius 3 is 2.59 bits per heavy atom. The molecule has 1 aliphatic heterocycles. The summed E-state index contributed by atoms with van der Waals surface area (Å²) in [6.07, 6.45) is 2.28. The van der Waals surface area contributed by atoms with E-state index in [0.29, 0.717) is 5.92 Å². The number of benzene rings is 1. The van der Waals surface area contributed by atoms with Gasteiger partial charge in [-0.05, 0) is 49.9 Å². The van der Waals surface area contributed by atoms with Gasteiger partial charge in [0, 0.05) is 19.3 Å². The van der Waals surface area contributed by atoms with E-state index in [1.165, 1.54) is 12.1 Å². The summed E-state index contributed by atoms with van der Waals surface area (Å²) in [5.41, 5.74) is 1.14. The topological polar surface area (TPSA) is 21.3 Å². The maximum absolute atomic E-state index is 12.8. The third-order valence-electron chi connectivity index (χ3n) is 3.42. The molecule has 1 unspecified atom stereocenters. The monoisotopic (exact) mass is 237 g/mol. The third-order valence-corrected chi connectivity index (χ3v) is 3.42. The van der Waals surface area contributed by atoms with Crippen molar-refractivity contribution in [2.45, 2.75) is 25.8 Å². The lowest BCUT2D eigenvalue weighted by atomic mass is 9.99. The molecule has 0 saturated carbocycles. The van der Waals surface area contributed by atoms with Gasteiger partial charge in [0.15, 0.2) is 0 Å². The minimum atomic E-state index is -0.176. The molecule has 0 radical (unpaired) electrons. The first kappa shape index (κ1) is 12.5. The number of hydrogen-bond acceptors (Lipinski definition) is 2. The molecule has 17 heavy (non-hydrogen) atoms. The molecule has 0 aliphatic carbocycles. The number of hydrogen-bond donors (Lipinski definition) is 1. The van der Waals surface area contributed by atoms with Gasteiger partial charge in [-0.1, -0.05) is 12.1 Å². The van der Waals surface area contributed by atoms with E-state index in [0.717, 1.165) is 38.2 Å². The minimum Gasteiger partial charge on any atom is -0.381 e. The summed E-state index contributed by atoms with van der Waals surface area (Å²) in [5, 5.41) is 3.51. The molecule has 1 aromatic rings. The Kier molecular flexibility index (Phi) is 4.51. The average molecular weight is 237 g/mol. The van der Waals surface area contributed by atoms with Crippen LogP contribution in [0.3, 0.4) is 0 Å². The van der Waals surface area contributed by atoms with Crippen LogP contribution in [0.5, 0.6) is 0 Å². The first-order valence-corrected chi connectivity index (χ1v) is 6.32. The summed E-state index contributed by atoms with van der Waals surface area (Å²) < 4.78 is 18.1. The largest absolute Gasteiger partial charge is 0.381 e. The summed E-state index contributed by atoms with van der Waals surface area (Å²) >= 11 is 0. The van der Waals surface area contributed by atoms with Gasteiger partial charge in [-0.3, -0.25) is 0 Å². The molecule has 2 rings (SSSR count). The lowest BCUT2D eigenvalue weighted by Crippen LogP contribution is -2.29. The maximum atomic E-state index is 12.8. The second-order valence-corrected chi connectivity index (χ2v) is 4.74. The van der Waals surface area contributed by atoms with E-state index in [1.807, 2.05) is 12.1 Å². The molecule has 2 nitrogen and oxygen atoms in total. The van der Waals surface area contributed by atoms with E-state index in [9.17, 15) is 4.39 Å². The highest BCUT2D eigenvalue weighted by Crippen LogP contribution is 2.17. The third kappa shape index (κ3) is 3.79. The van der Waals surface area contributed by atoms with Gasteiger partial charge in [-0.2, -0.15) is 0 Å². The van der Waals surface area contributed by atoms with Gasteiger partial charge in [0.05, 0.1) is 0 Å². The molecular formula is C14H20FNO. The molecule has 1 heterocycles. The molecule has 1 fully saturated rings. The van der Waals surface area contributed by atoms with Gasteiger partial charge >= 0.3 is 0 Å². The Bertz CT molecular complexity index is 333. The Balaban J connectivity index is 1.80. The summed E-state index contributed by atoms with van der Waals surface area (Å²) in [7, 11) is 0. The van der Waals surface area contributed by atoms with Crippen molar-refractivity contribution in [3.05, 3.63) is 35.6 Å². The zero-order valence-corrected chi connectivity index (χ0v) is 10.3. The summed E-state index contributed by atoms with van der Waals surface area (Å²) in [5.74, 6) is 0.539. The van der Waals surface area contributed by atoms with E-state index in [4.69, 9.17) is 4.74 Å². The van der Waals surface area contributed by atoms with Gasteiger partial charge in [0.25, 0.3) is 0 Å². The first-order valence-electron chi connectivity index (χ1n) is 6.32. The van der Waals surface area contributed by atoms with Crippen molar-refractivity contribution in [3.63, 3.8) is 0 Å². The van der Waals surface area contributed by atoms with Crippen LogP contribution in [0.25, 0.3) is 0 Å². The van der Waals surface area contributed by atoms with Gasteiger partial charge in [-0.15, -0.1) is 0 Å². The van der Waals surface area contributed by atoms with Gasteiger partial charge in [0.1, 0.15) is 5.82 Å². The SMILES string of the molecule is CC(NCC1CCOCC1)c1ccc(F)cc1. The summed E-state index contributed by atoms with van der Waals surface area (Å²) in [6.45, 7) is 4.91. The van der Waals surface area contributed by atoms with Crippen LogP contribution in [0.1, 0.15) is 31.4 Å². The molecule has 1 aromatic carbocycles. The Morgan fingerprint density at radius 2 is 1.94 bits per heavy atom. The standard InChI is InChI=1S/C14H20FNO/c1-11(13-2-4-14(15)5-3-13)16-10-12-6-8-17-9-7-12/h2-5,11-12,16H,6-10H2,1H3. The van der Waals surface area contributed by atoms with E-state index in [1.54, 1.807) is 0 Å². The highest BCUT2D eigenvalue weighted by molar-refractivity contribution is 5.19. The van der Waals surface area contributed by atoms with Crippen molar-refractivity contribution in [2.24, 2.45) is 5.92 Å². The lowest BCUT2D eigenvalue weighted by molar-refractivity contribution is 0.0656. The lowest BCUT2D eigenvalue weighted by Gasteiger charge is -2.24. The molecule has 94 valence electrons. The van der Waals surface area contributed by atoms with E-state index >= 15 is 0 Å². The second kappa shape index (κ2) is 6.12. The van der Waals surface area contributed by atoms with Crippen molar-refractivity contribution in [1.29, 1.82) is 0 Å². The maximum Gasteiger partial charge on any atom is 0.123 e. The Morgan fingerprint density at radius 1 is 1.29 bits per heavy atom. The van der Waals surface area contributed by atoms with Crippen molar-refractivity contribution < 1.29 is 9.13 Å². The Labute approximate surface area is 102 Å². The number of halogens is 1. The fourth-order valence-corrected chi connectivity index (χ4v) is 2.16. The van der Waals surface area contributed by atoms with Gasteiger partial charge in [-0.25, -0.2) is 4.39 Å². The first-order chi connectivity index (χ1) is 8.25. The number of rotatable bonds is 4. The molecule has 0 amide bonds. The Hall–Kier alpha value is -0.930. The van der Waals surface area contributed by atoms with Crippen molar-refractivity contribution in [3.8, 4) is 0 Å². The van der Waals surface area contributed by atoms with Crippen LogP contribution in [0.15, 0.2) is 24.3 Å². The van der Waals surface area contributed by atoms with Crippen molar-refractivity contribution >= 4 is 0 Å². The van der Waals surface area contributed by atoms with Gasteiger partial charge in [0.2, 0.25) is 0 Å². The highest BCUT2D eigenvalue weighted by Gasteiger charge is 2.14. The molecule has 0 bridgehead atoms. The zero-order chi connectivity index (χ0) is 12.1. The van der Waals surface area contributed by atoms with Crippen LogP contribution in [0.2, 0.25) is 0 Å².